The second kappa shape index (κ2) is 2.94. The highest BCUT2D eigenvalue weighted by Crippen LogP contribution is 2.20. The van der Waals surface area contributed by atoms with E-state index < -0.39 is 0 Å². The summed E-state index contributed by atoms with van der Waals surface area (Å²) in [5.41, 5.74) is 0.901. The quantitative estimate of drug-likeness (QED) is 0.619. The Balaban J connectivity index is 2.51. The monoisotopic (exact) mass is 175 g/mol. The number of esters is 1. The van der Waals surface area contributed by atoms with Gasteiger partial charge in [0.05, 0.1) is 5.52 Å². The van der Waals surface area contributed by atoms with E-state index in [1.807, 2.05) is 35.0 Å². The van der Waals surface area contributed by atoms with Crippen LogP contribution in [-0.4, -0.2) is 10.4 Å². The van der Waals surface area contributed by atoms with Crippen molar-refractivity contribution in [1.29, 1.82) is 0 Å². The van der Waals surface area contributed by atoms with Crippen molar-refractivity contribution in [3.8, 4) is 5.75 Å². The van der Waals surface area contributed by atoms with Gasteiger partial charge < -0.3 is 9.14 Å². The molecule has 0 saturated heterocycles. The lowest BCUT2D eigenvalue weighted by Gasteiger charge is -1.98. The first-order chi connectivity index (χ1) is 6.27. The normalized spacial score (nSPS) is 10.2. The van der Waals surface area contributed by atoms with Gasteiger partial charge in [0, 0.05) is 19.3 Å². The number of carbonyl (C=O) groups excluding carboxylic acids is 1. The second-order valence-electron chi connectivity index (χ2n) is 2.77. The minimum Gasteiger partial charge on any atom is -0.424 e. The average molecular weight is 175 g/mol. The first-order valence-corrected chi connectivity index (χ1v) is 4.01. The van der Waals surface area contributed by atoms with E-state index in [1.165, 1.54) is 6.92 Å². The molecule has 0 aromatic carbocycles. The third-order valence-corrected chi connectivity index (χ3v) is 1.78. The maximum atomic E-state index is 10.7. The van der Waals surface area contributed by atoms with Crippen LogP contribution in [0.3, 0.4) is 0 Å². The predicted molar refractivity (Wildman–Crippen MR) is 48.7 cm³/mol. The van der Waals surface area contributed by atoms with Crippen molar-refractivity contribution in [3.63, 3.8) is 0 Å². The number of pyridine rings is 1. The third kappa shape index (κ3) is 1.40. The van der Waals surface area contributed by atoms with Crippen molar-refractivity contribution in [2.24, 2.45) is 0 Å². The Labute approximate surface area is 75.6 Å². The summed E-state index contributed by atoms with van der Waals surface area (Å²) in [6.45, 7) is 1.40. The zero-order chi connectivity index (χ0) is 9.26. The highest BCUT2D eigenvalue weighted by atomic mass is 16.5. The SMILES string of the molecule is CC(=O)Oc1ccn2ccccc12. The van der Waals surface area contributed by atoms with E-state index in [0.29, 0.717) is 5.75 Å². The minimum absolute atomic E-state index is 0.294. The molecule has 2 heterocycles. The highest BCUT2D eigenvalue weighted by Gasteiger charge is 2.03. The zero-order valence-electron chi connectivity index (χ0n) is 7.23. The number of hydrogen-bond donors (Lipinski definition) is 0. The second-order valence-corrected chi connectivity index (χ2v) is 2.77. The summed E-state index contributed by atoms with van der Waals surface area (Å²) in [5, 5.41) is 0. The lowest BCUT2D eigenvalue weighted by molar-refractivity contribution is -0.131. The van der Waals surface area contributed by atoms with E-state index in [9.17, 15) is 4.79 Å². The molecule has 3 heteroatoms. The van der Waals surface area contributed by atoms with Crippen molar-refractivity contribution >= 4 is 11.5 Å². The van der Waals surface area contributed by atoms with Crippen molar-refractivity contribution in [2.75, 3.05) is 0 Å². The van der Waals surface area contributed by atoms with Gasteiger partial charge in [0.25, 0.3) is 0 Å². The Kier molecular flexibility index (Phi) is 1.77. The van der Waals surface area contributed by atoms with Crippen molar-refractivity contribution in [1.82, 2.24) is 4.40 Å². The molecule has 0 saturated carbocycles. The number of rotatable bonds is 1. The highest BCUT2D eigenvalue weighted by molar-refractivity contribution is 5.73. The minimum atomic E-state index is -0.294. The molecule has 0 amide bonds. The summed E-state index contributed by atoms with van der Waals surface area (Å²) in [7, 11) is 0. The van der Waals surface area contributed by atoms with Crippen molar-refractivity contribution in [2.45, 2.75) is 6.92 Å². The van der Waals surface area contributed by atoms with Gasteiger partial charge in [-0.2, -0.15) is 0 Å². The molecular formula is C10H9NO2. The fraction of sp³-hybridized carbons (Fsp3) is 0.100. The van der Waals surface area contributed by atoms with E-state index in [0.717, 1.165) is 5.52 Å². The standard InChI is InChI=1S/C10H9NO2/c1-8(12)13-10-5-7-11-6-3-2-4-9(10)11/h2-7H,1H3. The largest absolute Gasteiger partial charge is 0.424 e. The summed E-state index contributed by atoms with van der Waals surface area (Å²) in [5.74, 6) is 0.310. The molecule has 3 nitrogen and oxygen atoms in total. The van der Waals surface area contributed by atoms with Gasteiger partial charge in [-0.05, 0) is 18.2 Å². The molecule has 0 atom stereocenters. The summed E-state index contributed by atoms with van der Waals surface area (Å²) in [6, 6.07) is 7.50. The van der Waals surface area contributed by atoms with Crippen LogP contribution in [0.2, 0.25) is 0 Å². The molecule has 0 aliphatic carbocycles. The molecule has 0 aliphatic rings. The van der Waals surface area contributed by atoms with Crippen LogP contribution >= 0.6 is 0 Å². The lowest BCUT2D eigenvalue weighted by Crippen LogP contribution is -2.00. The molecular weight excluding hydrogens is 166 g/mol. The van der Waals surface area contributed by atoms with Crippen LogP contribution in [0.4, 0.5) is 0 Å². The molecule has 0 N–H and O–H groups in total. The average Bonchev–Trinajstić information content (AvgIpc) is 2.48. The van der Waals surface area contributed by atoms with E-state index in [4.69, 9.17) is 4.74 Å². The van der Waals surface area contributed by atoms with Gasteiger partial charge in [0.15, 0.2) is 5.75 Å². The van der Waals surface area contributed by atoms with Crippen LogP contribution in [0.5, 0.6) is 5.75 Å². The predicted octanol–water partition coefficient (Wildman–Crippen LogP) is 1.86. The number of hydrogen-bond acceptors (Lipinski definition) is 2. The smallest absolute Gasteiger partial charge is 0.308 e. The number of nitrogens with zero attached hydrogens (tertiary/aromatic N) is 1. The Bertz CT molecular complexity index is 445. The van der Waals surface area contributed by atoms with E-state index in [-0.39, 0.29) is 5.97 Å². The number of aromatic nitrogens is 1. The molecule has 2 rings (SSSR count). The summed E-state index contributed by atoms with van der Waals surface area (Å²) < 4.78 is 6.91. The van der Waals surface area contributed by atoms with E-state index >= 15 is 0 Å². The number of carbonyl (C=O) groups is 1. The maximum absolute atomic E-state index is 10.7. The molecule has 0 fully saturated rings. The Hall–Kier alpha value is -1.77. The van der Waals surface area contributed by atoms with Gasteiger partial charge in [-0.15, -0.1) is 0 Å². The third-order valence-electron chi connectivity index (χ3n) is 1.78. The van der Waals surface area contributed by atoms with Gasteiger partial charge in [0.2, 0.25) is 0 Å². The molecule has 0 radical (unpaired) electrons. The molecule has 0 aliphatic heterocycles. The van der Waals surface area contributed by atoms with Crippen LogP contribution in [0.15, 0.2) is 36.7 Å². The van der Waals surface area contributed by atoms with Crippen molar-refractivity contribution in [3.05, 3.63) is 36.7 Å². The van der Waals surface area contributed by atoms with Gasteiger partial charge in [-0.1, -0.05) is 6.07 Å². The van der Waals surface area contributed by atoms with Crippen molar-refractivity contribution < 1.29 is 9.53 Å². The summed E-state index contributed by atoms with van der Waals surface area (Å²) >= 11 is 0. The van der Waals surface area contributed by atoms with Gasteiger partial charge in [-0.3, -0.25) is 4.79 Å². The lowest BCUT2D eigenvalue weighted by atomic mass is 10.4. The fourth-order valence-corrected chi connectivity index (χ4v) is 1.27. The molecule has 0 spiro atoms. The summed E-state index contributed by atoms with van der Waals surface area (Å²) in [6.07, 6.45) is 3.76. The molecule has 0 bridgehead atoms. The molecule has 2 aromatic heterocycles. The van der Waals surface area contributed by atoms with Gasteiger partial charge in [-0.25, -0.2) is 0 Å². The molecule has 2 aromatic rings. The van der Waals surface area contributed by atoms with E-state index in [1.54, 1.807) is 6.07 Å². The maximum Gasteiger partial charge on any atom is 0.308 e. The molecule has 0 unspecified atom stereocenters. The van der Waals surface area contributed by atoms with Crippen LogP contribution in [-0.2, 0) is 4.79 Å². The first-order valence-electron chi connectivity index (χ1n) is 4.01. The number of fused-ring (bicyclic) bond motifs is 1. The van der Waals surface area contributed by atoms with Gasteiger partial charge in [0.1, 0.15) is 0 Å². The molecule has 13 heavy (non-hydrogen) atoms. The summed E-state index contributed by atoms with van der Waals surface area (Å²) in [4.78, 5) is 10.7. The van der Waals surface area contributed by atoms with Crippen LogP contribution in [0.25, 0.3) is 5.52 Å². The zero-order valence-corrected chi connectivity index (χ0v) is 7.23. The Morgan fingerprint density at radius 2 is 2.15 bits per heavy atom. The Morgan fingerprint density at radius 3 is 2.92 bits per heavy atom. The van der Waals surface area contributed by atoms with Crippen LogP contribution < -0.4 is 4.74 Å². The van der Waals surface area contributed by atoms with Crippen LogP contribution in [0.1, 0.15) is 6.92 Å². The fourth-order valence-electron chi connectivity index (χ4n) is 1.27. The number of ether oxygens (including phenoxy) is 1. The first kappa shape index (κ1) is 7.86. The van der Waals surface area contributed by atoms with E-state index in [2.05, 4.69) is 0 Å². The van der Waals surface area contributed by atoms with Gasteiger partial charge >= 0.3 is 5.97 Å². The Morgan fingerprint density at radius 1 is 1.31 bits per heavy atom. The van der Waals surface area contributed by atoms with Crippen LogP contribution in [0, 0.1) is 0 Å². The molecule has 66 valence electrons. The topological polar surface area (TPSA) is 30.7 Å².